The number of carbonyl (C=O) groups excluding carboxylic acids is 2. The van der Waals surface area contributed by atoms with Gasteiger partial charge in [-0.1, -0.05) is 0 Å². The Balaban J connectivity index is 2.23. The van der Waals surface area contributed by atoms with Gasteiger partial charge in [-0.2, -0.15) is 0 Å². The molecule has 2 saturated heterocycles. The third-order valence-corrected chi connectivity index (χ3v) is 2.37. The Morgan fingerprint density at radius 1 is 1.50 bits per heavy atom. The molecule has 0 spiro atoms. The van der Waals surface area contributed by atoms with Crippen molar-refractivity contribution < 1.29 is 9.59 Å². The van der Waals surface area contributed by atoms with Crippen molar-refractivity contribution in [3.63, 3.8) is 0 Å². The monoisotopic (exact) mass is 169 g/mol. The predicted octanol–water partition coefficient (Wildman–Crippen LogP) is -0.453. The zero-order chi connectivity index (χ0) is 8.72. The van der Waals surface area contributed by atoms with E-state index in [-0.39, 0.29) is 18.0 Å². The summed E-state index contributed by atoms with van der Waals surface area (Å²) in [6.07, 6.45) is 1.73. The van der Waals surface area contributed by atoms with E-state index in [1.807, 2.05) is 0 Å². The smallest absolute Gasteiger partial charge is 0.311 e. The van der Waals surface area contributed by atoms with Crippen LogP contribution in [0.25, 0.3) is 0 Å². The number of carbonyl (C=O) groups is 2. The topological polar surface area (TPSA) is 52.7 Å². The Kier molecular flexibility index (Phi) is 1.46. The Labute approximate surface area is 70.3 Å². The van der Waals surface area contributed by atoms with Crippen molar-refractivity contribution in [2.24, 2.45) is 0 Å². The average molecular weight is 169 g/mol. The highest BCUT2D eigenvalue weighted by Crippen LogP contribution is 2.21. The average Bonchev–Trinajstić information content (AvgIpc) is 2.48. The summed E-state index contributed by atoms with van der Waals surface area (Å²) in [5, 5.41) is 1.24. The minimum absolute atomic E-state index is 0.0606. The number of hydrazine groups is 1. The predicted molar refractivity (Wildman–Crippen MR) is 41.0 cm³/mol. The van der Waals surface area contributed by atoms with Crippen LogP contribution in [0.4, 0.5) is 4.79 Å². The number of rotatable bonds is 0. The van der Waals surface area contributed by atoms with Crippen molar-refractivity contribution in [2.45, 2.75) is 18.9 Å². The number of hydrogen-bond acceptors (Lipinski definition) is 2. The lowest BCUT2D eigenvalue weighted by atomic mass is 10.2. The summed E-state index contributed by atoms with van der Waals surface area (Å²) in [6, 6.07) is -0.314. The van der Waals surface area contributed by atoms with E-state index >= 15 is 0 Å². The maximum Gasteiger partial charge on any atom is 0.339 e. The minimum atomic E-state index is -0.214. The first kappa shape index (κ1) is 7.39. The van der Waals surface area contributed by atoms with E-state index in [9.17, 15) is 9.59 Å². The Hall–Kier alpha value is -1.26. The van der Waals surface area contributed by atoms with Crippen LogP contribution in [0.1, 0.15) is 12.8 Å². The summed E-state index contributed by atoms with van der Waals surface area (Å²) < 4.78 is 0. The molecule has 0 aromatic rings. The standard InChI is InChI=1S/C7H11N3O2/c1-9-7(12)10-4-2-3-5(10)6(11)8-9/h5H,2-4H2,1H3,(H,8,11). The summed E-state index contributed by atoms with van der Waals surface area (Å²) in [5.41, 5.74) is 2.50. The second kappa shape index (κ2) is 2.36. The number of nitrogens with one attached hydrogen (secondary N) is 1. The summed E-state index contributed by atoms with van der Waals surface area (Å²) >= 11 is 0. The second-order valence-electron chi connectivity index (χ2n) is 3.17. The van der Waals surface area contributed by atoms with E-state index in [1.165, 1.54) is 5.01 Å². The van der Waals surface area contributed by atoms with Gasteiger partial charge in [0.15, 0.2) is 0 Å². The van der Waals surface area contributed by atoms with Gasteiger partial charge < -0.3 is 4.90 Å². The van der Waals surface area contributed by atoms with E-state index in [2.05, 4.69) is 5.43 Å². The fraction of sp³-hybridized carbons (Fsp3) is 0.714. The number of fused-ring (bicyclic) bond motifs is 1. The van der Waals surface area contributed by atoms with Gasteiger partial charge in [0.2, 0.25) is 0 Å². The van der Waals surface area contributed by atoms with Crippen LogP contribution in [0.2, 0.25) is 0 Å². The fourth-order valence-electron chi connectivity index (χ4n) is 1.75. The molecule has 1 unspecified atom stereocenters. The second-order valence-corrected chi connectivity index (χ2v) is 3.17. The number of hydrogen-bond donors (Lipinski definition) is 1. The highest BCUT2D eigenvalue weighted by molar-refractivity contribution is 5.92. The number of amides is 3. The van der Waals surface area contributed by atoms with Gasteiger partial charge in [0.05, 0.1) is 0 Å². The summed E-state index contributed by atoms with van der Waals surface area (Å²) in [4.78, 5) is 24.3. The van der Waals surface area contributed by atoms with Gasteiger partial charge in [0.25, 0.3) is 5.91 Å². The third kappa shape index (κ3) is 0.855. The molecule has 2 fully saturated rings. The molecule has 0 saturated carbocycles. The lowest BCUT2D eigenvalue weighted by Gasteiger charge is -2.34. The molecule has 1 atom stereocenters. The molecule has 12 heavy (non-hydrogen) atoms. The molecule has 0 aliphatic carbocycles. The highest BCUT2D eigenvalue weighted by Gasteiger charge is 2.40. The van der Waals surface area contributed by atoms with Crippen molar-refractivity contribution in [3.8, 4) is 0 Å². The zero-order valence-electron chi connectivity index (χ0n) is 6.91. The lowest BCUT2D eigenvalue weighted by molar-refractivity contribution is -0.131. The van der Waals surface area contributed by atoms with E-state index in [0.717, 1.165) is 12.8 Å². The molecule has 2 rings (SSSR count). The van der Waals surface area contributed by atoms with Crippen molar-refractivity contribution in [1.82, 2.24) is 15.3 Å². The minimum Gasteiger partial charge on any atom is -0.311 e. The van der Waals surface area contributed by atoms with Gasteiger partial charge in [0, 0.05) is 13.6 Å². The third-order valence-electron chi connectivity index (χ3n) is 2.37. The van der Waals surface area contributed by atoms with Crippen molar-refractivity contribution in [1.29, 1.82) is 0 Å². The fourth-order valence-corrected chi connectivity index (χ4v) is 1.75. The van der Waals surface area contributed by atoms with Gasteiger partial charge in [0.1, 0.15) is 6.04 Å². The quantitative estimate of drug-likeness (QED) is 0.534. The first-order chi connectivity index (χ1) is 5.70. The van der Waals surface area contributed by atoms with Gasteiger partial charge in [-0.05, 0) is 12.8 Å². The summed E-state index contributed by atoms with van der Waals surface area (Å²) in [6.45, 7) is 0.710. The Morgan fingerprint density at radius 2 is 2.25 bits per heavy atom. The molecule has 2 aliphatic rings. The molecule has 5 nitrogen and oxygen atoms in total. The molecule has 0 radical (unpaired) electrons. The number of urea groups is 1. The maximum atomic E-state index is 11.4. The van der Waals surface area contributed by atoms with Gasteiger partial charge in [-0.15, -0.1) is 0 Å². The molecule has 5 heteroatoms. The zero-order valence-corrected chi connectivity index (χ0v) is 6.91. The highest BCUT2D eigenvalue weighted by atomic mass is 16.2. The largest absolute Gasteiger partial charge is 0.339 e. The molecule has 3 amide bonds. The van der Waals surface area contributed by atoms with Gasteiger partial charge in [-0.3, -0.25) is 10.2 Å². The Bertz CT molecular complexity index is 241. The van der Waals surface area contributed by atoms with E-state index in [0.29, 0.717) is 6.54 Å². The molecular formula is C7H11N3O2. The number of nitrogens with zero attached hydrogens (tertiary/aromatic N) is 2. The van der Waals surface area contributed by atoms with Crippen LogP contribution in [0, 0.1) is 0 Å². The lowest BCUT2D eigenvalue weighted by Crippen LogP contribution is -2.62. The molecular weight excluding hydrogens is 158 g/mol. The van der Waals surface area contributed by atoms with E-state index < -0.39 is 0 Å². The van der Waals surface area contributed by atoms with Gasteiger partial charge in [-0.25, -0.2) is 9.80 Å². The molecule has 1 N–H and O–H groups in total. The first-order valence-electron chi connectivity index (χ1n) is 4.05. The maximum absolute atomic E-state index is 11.4. The van der Waals surface area contributed by atoms with Crippen LogP contribution in [-0.4, -0.2) is 41.5 Å². The molecule has 2 heterocycles. The van der Waals surface area contributed by atoms with Crippen LogP contribution >= 0.6 is 0 Å². The van der Waals surface area contributed by atoms with Crippen LogP contribution in [0.15, 0.2) is 0 Å². The summed E-state index contributed by atoms with van der Waals surface area (Å²) in [7, 11) is 1.56. The summed E-state index contributed by atoms with van der Waals surface area (Å²) in [5.74, 6) is -0.0606. The molecule has 0 bridgehead atoms. The van der Waals surface area contributed by atoms with Crippen LogP contribution in [-0.2, 0) is 4.79 Å². The molecule has 66 valence electrons. The normalized spacial score (nSPS) is 28.9. The first-order valence-corrected chi connectivity index (χ1v) is 4.05. The van der Waals surface area contributed by atoms with E-state index in [1.54, 1.807) is 11.9 Å². The molecule has 2 aliphatic heterocycles. The SMILES string of the molecule is CN1NC(=O)C2CCCN2C1=O. The van der Waals surface area contributed by atoms with E-state index in [4.69, 9.17) is 0 Å². The van der Waals surface area contributed by atoms with Crippen molar-refractivity contribution in [2.75, 3.05) is 13.6 Å². The van der Waals surface area contributed by atoms with Crippen LogP contribution < -0.4 is 5.43 Å². The molecule has 0 aromatic carbocycles. The van der Waals surface area contributed by atoms with Crippen LogP contribution in [0.5, 0.6) is 0 Å². The van der Waals surface area contributed by atoms with Crippen molar-refractivity contribution in [3.05, 3.63) is 0 Å². The Morgan fingerprint density at radius 3 is 3.00 bits per heavy atom. The van der Waals surface area contributed by atoms with Gasteiger partial charge >= 0.3 is 6.03 Å². The van der Waals surface area contributed by atoms with Crippen LogP contribution in [0.3, 0.4) is 0 Å². The van der Waals surface area contributed by atoms with Crippen molar-refractivity contribution >= 4 is 11.9 Å². The molecule has 0 aromatic heterocycles.